The Bertz CT molecular complexity index is 651. The van der Waals surface area contributed by atoms with Crippen LogP contribution in [0, 0.1) is 6.92 Å². The Morgan fingerprint density at radius 3 is 2.27 bits per heavy atom. The van der Waals surface area contributed by atoms with Crippen molar-refractivity contribution in [3.8, 4) is 0 Å². The van der Waals surface area contributed by atoms with E-state index in [1.807, 2.05) is 0 Å². The van der Waals surface area contributed by atoms with E-state index in [1.165, 1.54) is 24.5 Å². The summed E-state index contributed by atoms with van der Waals surface area (Å²) in [5.41, 5.74) is 0.692. The number of nitrogens with one attached hydrogen (secondary N) is 1. The van der Waals surface area contributed by atoms with Crippen molar-refractivity contribution in [1.82, 2.24) is 15.3 Å². The number of benzene rings is 1. The van der Waals surface area contributed by atoms with Crippen LogP contribution < -0.4 is 5.32 Å². The Balaban J connectivity index is 2.07. The second-order valence-corrected chi connectivity index (χ2v) is 4.86. The molecule has 0 fully saturated rings. The predicted octanol–water partition coefficient (Wildman–Crippen LogP) is 3.29. The fraction of sp³-hybridized carbons (Fsp3) is 0.267. The lowest BCUT2D eigenvalue weighted by molar-refractivity contribution is -0.137. The summed E-state index contributed by atoms with van der Waals surface area (Å²) in [5.74, 6) is -0.431. The van der Waals surface area contributed by atoms with E-state index < -0.39 is 23.7 Å². The molecule has 0 aliphatic heterocycles. The molecule has 0 aliphatic rings. The molecule has 0 saturated carbocycles. The third kappa shape index (κ3) is 3.81. The van der Waals surface area contributed by atoms with Crippen LogP contribution in [0.25, 0.3) is 0 Å². The van der Waals surface area contributed by atoms with E-state index in [9.17, 15) is 18.0 Å². The normalized spacial score (nSPS) is 12.8. The Morgan fingerprint density at radius 2 is 1.77 bits per heavy atom. The molecule has 1 atom stereocenters. The number of aromatic nitrogens is 2. The average Bonchev–Trinajstić information content (AvgIpc) is 2.47. The van der Waals surface area contributed by atoms with Gasteiger partial charge in [0.2, 0.25) is 0 Å². The monoisotopic (exact) mass is 309 g/mol. The number of nitrogens with zero attached hydrogens (tertiary/aromatic N) is 2. The first-order valence-electron chi connectivity index (χ1n) is 6.54. The number of carbonyl (C=O) groups excluding carboxylic acids is 1. The van der Waals surface area contributed by atoms with E-state index in [-0.39, 0.29) is 5.69 Å². The second-order valence-electron chi connectivity index (χ2n) is 4.86. The van der Waals surface area contributed by atoms with E-state index >= 15 is 0 Å². The lowest BCUT2D eigenvalue weighted by Gasteiger charge is -2.15. The summed E-state index contributed by atoms with van der Waals surface area (Å²) in [7, 11) is 0. The SMILES string of the molecule is Cc1cnc(C(=O)NC(C)c2ccc(C(F)(F)F)cc2)cn1. The quantitative estimate of drug-likeness (QED) is 0.946. The van der Waals surface area contributed by atoms with Crippen LogP contribution in [-0.2, 0) is 6.18 Å². The van der Waals surface area contributed by atoms with E-state index in [0.717, 1.165) is 12.1 Å². The van der Waals surface area contributed by atoms with Crippen molar-refractivity contribution in [2.24, 2.45) is 0 Å². The summed E-state index contributed by atoms with van der Waals surface area (Å²) < 4.78 is 37.5. The standard InChI is InChI=1S/C15H14F3N3O/c1-9-7-20-13(8-19-9)14(22)21-10(2)11-3-5-12(6-4-11)15(16,17)18/h3-8,10H,1-2H3,(H,21,22). The van der Waals surface area contributed by atoms with Crippen LogP contribution in [-0.4, -0.2) is 15.9 Å². The molecule has 0 radical (unpaired) electrons. The molecule has 2 aromatic rings. The third-order valence-corrected chi connectivity index (χ3v) is 3.10. The van der Waals surface area contributed by atoms with Gasteiger partial charge in [0.15, 0.2) is 0 Å². The van der Waals surface area contributed by atoms with Crippen molar-refractivity contribution >= 4 is 5.91 Å². The van der Waals surface area contributed by atoms with Gasteiger partial charge in [0.25, 0.3) is 5.91 Å². The fourth-order valence-corrected chi connectivity index (χ4v) is 1.82. The molecule has 1 unspecified atom stereocenters. The van der Waals surface area contributed by atoms with Crippen molar-refractivity contribution in [3.05, 3.63) is 59.2 Å². The Morgan fingerprint density at radius 1 is 1.14 bits per heavy atom. The molecule has 2 rings (SSSR count). The highest BCUT2D eigenvalue weighted by atomic mass is 19.4. The Kier molecular flexibility index (Phi) is 4.44. The van der Waals surface area contributed by atoms with Gasteiger partial charge in [-0.25, -0.2) is 4.98 Å². The molecule has 0 saturated heterocycles. The molecule has 1 N–H and O–H groups in total. The molecule has 1 aromatic heterocycles. The first kappa shape index (κ1) is 15.9. The zero-order chi connectivity index (χ0) is 16.3. The lowest BCUT2D eigenvalue weighted by atomic mass is 10.1. The van der Waals surface area contributed by atoms with Gasteiger partial charge in [-0.05, 0) is 31.5 Å². The molecule has 22 heavy (non-hydrogen) atoms. The largest absolute Gasteiger partial charge is 0.416 e. The van der Waals surface area contributed by atoms with Crippen LogP contribution in [0.4, 0.5) is 13.2 Å². The van der Waals surface area contributed by atoms with Crippen LogP contribution in [0.2, 0.25) is 0 Å². The molecule has 116 valence electrons. The van der Waals surface area contributed by atoms with E-state index in [0.29, 0.717) is 11.3 Å². The number of carbonyl (C=O) groups is 1. The molecular formula is C15H14F3N3O. The average molecular weight is 309 g/mol. The number of halogens is 3. The molecule has 0 spiro atoms. The number of hydrogen-bond donors (Lipinski definition) is 1. The summed E-state index contributed by atoms with van der Waals surface area (Å²) in [5, 5.41) is 2.67. The predicted molar refractivity (Wildman–Crippen MR) is 74.1 cm³/mol. The lowest BCUT2D eigenvalue weighted by Crippen LogP contribution is -2.27. The zero-order valence-electron chi connectivity index (χ0n) is 12.0. The van der Waals surface area contributed by atoms with Crippen molar-refractivity contribution < 1.29 is 18.0 Å². The maximum absolute atomic E-state index is 12.5. The van der Waals surface area contributed by atoms with Gasteiger partial charge in [0, 0.05) is 6.20 Å². The van der Waals surface area contributed by atoms with Gasteiger partial charge < -0.3 is 5.32 Å². The van der Waals surface area contributed by atoms with Crippen LogP contribution in [0.3, 0.4) is 0 Å². The number of amides is 1. The summed E-state index contributed by atoms with van der Waals surface area (Å²) in [6.45, 7) is 3.43. The molecule has 4 nitrogen and oxygen atoms in total. The molecule has 1 amide bonds. The first-order valence-corrected chi connectivity index (χ1v) is 6.54. The highest BCUT2D eigenvalue weighted by Gasteiger charge is 2.30. The third-order valence-electron chi connectivity index (χ3n) is 3.10. The fourth-order valence-electron chi connectivity index (χ4n) is 1.82. The van der Waals surface area contributed by atoms with Crippen LogP contribution >= 0.6 is 0 Å². The topological polar surface area (TPSA) is 54.9 Å². The minimum absolute atomic E-state index is 0.157. The maximum atomic E-state index is 12.5. The number of alkyl halides is 3. The highest BCUT2D eigenvalue weighted by molar-refractivity contribution is 5.92. The highest BCUT2D eigenvalue weighted by Crippen LogP contribution is 2.29. The molecule has 1 aromatic carbocycles. The smallest absolute Gasteiger partial charge is 0.344 e. The van der Waals surface area contributed by atoms with Gasteiger partial charge in [0.1, 0.15) is 5.69 Å². The summed E-state index contributed by atoms with van der Waals surface area (Å²) in [6, 6.07) is 4.22. The molecule has 0 bridgehead atoms. The van der Waals surface area contributed by atoms with Gasteiger partial charge in [-0.3, -0.25) is 9.78 Å². The molecule has 1 heterocycles. The van der Waals surface area contributed by atoms with Gasteiger partial charge in [-0.1, -0.05) is 12.1 Å². The maximum Gasteiger partial charge on any atom is 0.416 e. The zero-order valence-corrected chi connectivity index (χ0v) is 12.0. The first-order chi connectivity index (χ1) is 10.3. The molecular weight excluding hydrogens is 295 g/mol. The minimum Gasteiger partial charge on any atom is -0.344 e. The number of aryl methyl sites for hydroxylation is 1. The van der Waals surface area contributed by atoms with Crippen LogP contribution in [0.5, 0.6) is 0 Å². The molecule has 0 aliphatic carbocycles. The van der Waals surface area contributed by atoms with Crippen LogP contribution in [0.15, 0.2) is 36.7 Å². The Labute approximate surface area is 125 Å². The molecule has 7 heteroatoms. The van der Waals surface area contributed by atoms with E-state index in [1.54, 1.807) is 13.8 Å². The number of rotatable bonds is 3. The van der Waals surface area contributed by atoms with Crippen LogP contribution in [0.1, 0.15) is 40.3 Å². The van der Waals surface area contributed by atoms with Gasteiger partial charge in [-0.2, -0.15) is 13.2 Å². The van der Waals surface area contributed by atoms with Crippen molar-refractivity contribution in [2.75, 3.05) is 0 Å². The summed E-state index contributed by atoms with van der Waals surface area (Å²) in [6.07, 6.45) is -1.55. The number of hydrogen-bond acceptors (Lipinski definition) is 3. The second kappa shape index (κ2) is 6.13. The van der Waals surface area contributed by atoms with Gasteiger partial charge in [0.05, 0.1) is 23.5 Å². The van der Waals surface area contributed by atoms with Crippen molar-refractivity contribution in [3.63, 3.8) is 0 Å². The van der Waals surface area contributed by atoms with Crippen molar-refractivity contribution in [2.45, 2.75) is 26.1 Å². The van der Waals surface area contributed by atoms with Gasteiger partial charge in [-0.15, -0.1) is 0 Å². The van der Waals surface area contributed by atoms with Crippen molar-refractivity contribution in [1.29, 1.82) is 0 Å². The summed E-state index contributed by atoms with van der Waals surface area (Å²) in [4.78, 5) is 19.9. The van der Waals surface area contributed by atoms with E-state index in [4.69, 9.17) is 0 Å². The summed E-state index contributed by atoms with van der Waals surface area (Å²) >= 11 is 0. The van der Waals surface area contributed by atoms with Gasteiger partial charge >= 0.3 is 6.18 Å². The minimum atomic E-state index is -4.37. The van der Waals surface area contributed by atoms with E-state index in [2.05, 4.69) is 15.3 Å². The Hall–Kier alpha value is -2.44.